The van der Waals surface area contributed by atoms with Gasteiger partial charge in [-0.05, 0) is 51.3 Å². The number of carbonyl (C=O) groups is 1. The maximum atomic E-state index is 12.5. The zero-order chi connectivity index (χ0) is 16.3. The number of amides is 1. The number of halogens is 1. The van der Waals surface area contributed by atoms with Crippen LogP contribution in [0.4, 0.5) is 14.4 Å². The second-order valence-electron chi connectivity index (χ2n) is 5.77. The highest BCUT2D eigenvalue weighted by atomic mass is 32.3. The molecule has 1 aromatic rings. The van der Waals surface area contributed by atoms with Crippen LogP contribution in [0.1, 0.15) is 31.9 Å². The number of carbonyl (C=O) groups excluding carboxylic acids is 1. The molecule has 0 unspecified atom stereocenters. The van der Waals surface area contributed by atoms with Crippen LogP contribution >= 0.6 is 0 Å². The summed E-state index contributed by atoms with van der Waals surface area (Å²) in [5.41, 5.74) is 1.40. The lowest BCUT2D eigenvalue weighted by molar-refractivity contribution is 0.0636. The molecule has 0 saturated carbocycles. The van der Waals surface area contributed by atoms with Crippen LogP contribution in [-0.4, -0.2) is 25.9 Å². The van der Waals surface area contributed by atoms with Gasteiger partial charge in [-0.3, -0.25) is 5.32 Å². The third-order valence-electron chi connectivity index (χ3n) is 2.56. The predicted molar refractivity (Wildman–Crippen MR) is 79.6 cm³/mol. The minimum Gasteiger partial charge on any atom is -0.444 e. The number of ether oxygens (including phenoxy) is 1. The van der Waals surface area contributed by atoms with Crippen LogP contribution in [0.2, 0.25) is 0 Å². The van der Waals surface area contributed by atoms with Gasteiger partial charge in [0.25, 0.3) is 0 Å². The largest absolute Gasteiger partial charge is 0.444 e. The Balaban J connectivity index is 2.72. The Bertz CT molecular complexity index is 620. The van der Waals surface area contributed by atoms with Gasteiger partial charge in [0.05, 0.1) is 5.75 Å². The fourth-order valence-electron chi connectivity index (χ4n) is 1.67. The van der Waals surface area contributed by atoms with Gasteiger partial charge in [0, 0.05) is 5.69 Å². The number of hydrogen-bond acceptors (Lipinski definition) is 4. The lowest BCUT2D eigenvalue weighted by Crippen LogP contribution is -2.27. The normalized spacial score (nSPS) is 12.0. The van der Waals surface area contributed by atoms with E-state index >= 15 is 0 Å². The van der Waals surface area contributed by atoms with Crippen LogP contribution in [0, 0.1) is 6.92 Å². The van der Waals surface area contributed by atoms with Crippen molar-refractivity contribution in [2.75, 3.05) is 11.1 Å². The number of benzene rings is 1. The first-order valence-electron chi connectivity index (χ1n) is 6.48. The molecule has 0 bridgehead atoms. The second-order valence-corrected chi connectivity index (χ2v) is 7.26. The van der Waals surface area contributed by atoms with Crippen LogP contribution in [-0.2, 0) is 21.4 Å². The Morgan fingerprint density at radius 1 is 1.33 bits per heavy atom. The number of rotatable bonds is 4. The summed E-state index contributed by atoms with van der Waals surface area (Å²) in [6, 6.07) is 4.99. The molecular weight excluding hydrogens is 297 g/mol. The Labute approximate surface area is 124 Å². The van der Waals surface area contributed by atoms with E-state index in [0.717, 1.165) is 5.56 Å². The monoisotopic (exact) mass is 317 g/mol. The van der Waals surface area contributed by atoms with E-state index in [1.54, 1.807) is 45.9 Å². The Morgan fingerprint density at radius 2 is 1.95 bits per heavy atom. The van der Waals surface area contributed by atoms with Crippen LogP contribution in [0.5, 0.6) is 0 Å². The van der Waals surface area contributed by atoms with Gasteiger partial charge >= 0.3 is 16.3 Å². The first-order valence-corrected chi connectivity index (χ1v) is 8.03. The first kappa shape index (κ1) is 17.4. The fourth-order valence-corrected chi connectivity index (χ4v) is 2.15. The highest BCUT2D eigenvalue weighted by Gasteiger charge is 2.17. The van der Waals surface area contributed by atoms with E-state index in [0.29, 0.717) is 11.3 Å². The summed E-state index contributed by atoms with van der Waals surface area (Å²) in [6.45, 7) is 7.06. The van der Waals surface area contributed by atoms with E-state index in [9.17, 15) is 17.1 Å². The van der Waals surface area contributed by atoms with Gasteiger partial charge in [0.15, 0.2) is 0 Å². The van der Waals surface area contributed by atoms with Gasteiger partial charge < -0.3 is 4.74 Å². The molecule has 0 heterocycles. The first-order chi connectivity index (χ1) is 9.46. The van der Waals surface area contributed by atoms with Gasteiger partial charge in [-0.25, -0.2) is 4.79 Å². The van der Waals surface area contributed by atoms with Crippen LogP contribution in [0.15, 0.2) is 18.2 Å². The minimum atomic E-state index is -4.47. The topological polar surface area (TPSA) is 72.5 Å². The van der Waals surface area contributed by atoms with Crippen molar-refractivity contribution in [3.63, 3.8) is 0 Å². The molecule has 118 valence electrons. The highest BCUT2D eigenvalue weighted by molar-refractivity contribution is 7.86. The molecule has 0 saturated heterocycles. The average molecular weight is 317 g/mol. The van der Waals surface area contributed by atoms with Crippen molar-refractivity contribution in [1.29, 1.82) is 0 Å². The Kier molecular flexibility index (Phi) is 5.33. The van der Waals surface area contributed by atoms with Gasteiger partial charge in [0.1, 0.15) is 5.60 Å². The highest BCUT2D eigenvalue weighted by Crippen LogP contribution is 2.18. The molecule has 0 radical (unpaired) electrons. The molecule has 0 aliphatic rings. The third-order valence-corrected chi connectivity index (χ3v) is 3.25. The number of nitrogens with one attached hydrogen (secondary N) is 1. The van der Waals surface area contributed by atoms with E-state index in [-0.39, 0.29) is 6.42 Å². The lowest BCUT2D eigenvalue weighted by atomic mass is 10.1. The van der Waals surface area contributed by atoms with Crippen LogP contribution < -0.4 is 5.32 Å². The summed E-state index contributed by atoms with van der Waals surface area (Å²) in [4.78, 5) is 11.7. The summed E-state index contributed by atoms with van der Waals surface area (Å²) < 4.78 is 38.6. The quantitative estimate of drug-likeness (QED) is 0.866. The SMILES string of the molecule is Cc1cc(CCS(=O)(=O)F)ccc1NC(=O)OC(C)(C)C. The van der Waals surface area contributed by atoms with Crippen molar-refractivity contribution >= 4 is 22.0 Å². The number of anilines is 1. The second kappa shape index (κ2) is 6.43. The third kappa shape index (κ3) is 7.08. The Morgan fingerprint density at radius 3 is 2.43 bits per heavy atom. The van der Waals surface area contributed by atoms with Crippen molar-refractivity contribution in [3.05, 3.63) is 29.3 Å². The molecule has 5 nitrogen and oxygen atoms in total. The van der Waals surface area contributed by atoms with Crippen LogP contribution in [0.25, 0.3) is 0 Å². The van der Waals surface area contributed by atoms with Crippen molar-refractivity contribution in [1.82, 2.24) is 0 Å². The molecule has 1 rings (SSSR count). The van der Waals surface area contributed by atoms with E-state index in [2.05, 4.69) is 5.32 Å². The molecule has 0 fully saturated rings. The van der Waals surface area contributed by atoms with E-state index < -0.39 is 27.7 Å². The minimum absolute atomic E-state index is 0.0897. The predicted octanol–water partition coefficient (Wildman–Crippen LogP) is 3.18. The van der Waals surface area contributed by atoms with Gasteiger partial charge in [0.2, 0.25) is 0 Å². The molecule has 1 aromatic carbocycles. The van der Waals surface area contributed by atoms with Crippen molar-refractivity contribution < 1.29 is 21.8 Å². The molecule has 21 heavy (non-hydrogen) atoms. The molecule has 0 aliphatic heterocycles. The van der Waals surface area contributed by atoms with Crippen LogP contribution in [0.3, 0.4) is 0 Å². The average Bonchev–Trinajstić information content (AvgIpc) is 2.26. The molecular formula is C14H20FNO4S. The Hall–Kier alpha value is -1.63. The zero-order valence-electron chi connectivity index (χ0n) is 12.6. The van der Waals surface area contributed by atoms with Gasteiger partial charge in [-0.2, -0.15) is 8.42 Å². The summed E-state index contributed by atoms with van der Waals surface area (Å²) in [5, 5.41) is 2.61. The summed E-state index contributed by atoms with van der Waals surface area (Å²) in [5.74, 6) is -0.550. The molecule has 0 aromatic heterocycles. The molecule has 0 atom stereocenters. The van der Waals surface area contributed by atoms with Crippen molar-refractivity contribution in [2.24, 2.45) is 0 Å². The molecule has 0 aliphatic carbocycles. The van der Waals surface area contributed by atoms with E-state index in [1.165, 1.54) is 0 Å². The molecule has 1 N–H and O–H groups in total. The molecule has 7 heteroatoms. The fraction of sp³-hybridized carbons (Fsp3) is 0.500. The zero-order valence-corrected chi connectivity index (χ0v) is 13.4. The van der Waals surface area contributed by atoms with Gasteiger partial charge in [-0.1, -0.05) is 12.1 Å². The molecule has 1 amide bonds. The number of aryl methyl sites for hydroxylation is 2. The maximum Gasteiger partial charge on any atom is 0.412 e. The van der Waals surface area contributed by atoms with E-state index in [1.807, 2.05) is 0 Å². The van der Waals surface area contributed by atoms with E-state index in [4.69, 9.17) is 4.74 Å². The summed E-state index contributed by atoms with van der Waals surface area (Å²) in [6.07, 6.45) is -0.475. The summed E-state index contributed by atoms with van der Waals surface area (Å²) >= 11 is 0. The number of hydrogen-bond donors (Lipinski definition) is 1. The smallest absolute Gasteiger partial charge is 0.412 e. The van der Waals surface area contributed by atoms with Gasteiger partial charge in [-0.15, -0.1) is 3.89 Å². The summed E-state index contributed by atoms with van der Waals surface area (Å²) in [7, 11) is -4.47. The maximum absolute atomic E-state index is 12.5. The van der Waals surface area contributed by atoms with Crippen molar-refractivity contribution in [3.8, 4) is 0 Å². The lowest BCUT2D eigenvalue weighted by Gasteiger charge is -2.20. The molecule has 0 spiro atoms. The standard InChI is InChI=1S/C14H20FNO4S/c1-10-9-11(7-8-21(15,18)19)5-6-12(10)16-13(17)20-14(2,3)4/h5-6,9H,7-8H2,1-4H3,(H,16,17). The van der Waals surface area contributed by atoms with Crippen molar-refractivity contribution in [2.45, 2.75) is 39.7 Å².